The predicted octanol–water partition coefficient (Wildman–Crippen LogP) is 1.49. The number of nitrogens with two attached hydrogens (primary N) is 1. The van der Waals surface area contributed by atoms with Crippen molar-refractivity contribution in [2.24, 2.45) is 5.73 Å². The zero-order valence-electron chi connectivity index (χ0n) is 11.4. The highest BCUT2D eigenvalue weighted by Crippen LogP contribution is 2.13. The summed E-state index contributed by atoms with van der Waals surface area (Å²) in [4.78, 5) is 9.24. The lowest BCUT2D eigenvalue weighted by Gasteiger charge is -2.23. The van der Waals surface area contributed by atoms with Crippen molar-refractivity contribution >= 4 is 23.0 Å². The molecule has 1 aromatic heterocycles. The van der Waals surface area contributed by atoms with Crippen LogP contribution in [0.25, 0.3) is 0 Å². The van der Waals surface area contributed by atoms with Gasteiger partial charge in [-0.3, -0.25) is 0 Å². The average molecular weight is 266 g/mol. The van der Waals surface area contributed by atoms with Crippen molar-refractivity contribution in [2.75, 3.05) is 38.6 Å². The molecule has 18 heavy (non-hydrogen) atoms. The van der Waals surface area contributed by atoms with Crippen LogP contribution < -0.4 is 10.6 Å². The Hall–Kier alpha value is -1.20. The molecule has 0 fully saturated rings. The predicted molar refractivity (Wildman–Crippen MR) is 81.2 cm³/mol. The van der Waals surface area contributed by atoms with Crippen molar-refractivity contribution < 1.29 is 0 Å². The average Bonchev–Trinajstić information content (AvgIpc) is 2.34. The molecule has 0 aromatic carbocycles. The first-order valence-electron chi connectivity index (χ1n) is 6.20. The Balaban J connectivity index is 2.69. The number of aromatic nitrogens is 1. The fourth-order valence-corrected chi connectivity index (χ4v) is 1.88. The highest BCUT2D eigenvalue weighted by molar-refractivity contribution is 7.80. The maximum atomic E-state index is 5.64. The molecule has 0 amide bonds. The van der Waals surface area contributed by atoms with Crippen LogP contribution in [0.5, 0.6) is 0 Å². The van der Waals surface area contributed by atoms with Crippen molar-refractivity contribution in [3.05, 3.63) is 23.9 Å². The summed E-state index contributed by atoms with van der Waals surface area (Å²) in [6, 6.07) is 3.81. The summed E-state index contributed by atoms with van der Waals surface area (Å²) >= 11 is 4.99. The summed E-state index contributed by atoms with van der Waals surface area (Å²) in [7, 11) is 4.17. The zero-order chi connectivity index (χ0) is 13.5. The first-order valence-corrected chi connectivity index (χ1v) is 6.61. The Bertz CT molecular complexity index is 392. The Labute approximate surface area is 115 Å². The molecule has 1 rings (SSSR count). The van der Waals surface area contributed by atoms with E-state index in [0.29, 0.717) is 4.99 Å². The Morgan fingerprint density at radius 1 is 1.39 bits per heavy atom. The van der Waals surface area contributed by atoms with Crippen molar-refractivity contribution in [3.8, 4) is 0 Å². The molecule has 0 radical (unpaired) electrons. The maximum absolute atomic E-state index is 5.64. The molecule has 1 aromatic rings. The summed E-state index contributed by atoms with van der Waals surface area (Å²) in [5.74, 6) is 0.946. The van der Waals surface area contributed by atoms with Crippen LogP contribution in [0.2, 0.25) is 0 Å². The summed E-state index contributed by atoms with van der Waals surface area (Å²) in [5, 5.41) is 0. The van der Waals surface area contributed by atoms with Gasteiger partial charge in [0, 0.05) is 24.8 Å². The molecule has 1 heterocycles. The minimum atomic E-state index is 0.419. The van der Waals surface area contributed by atoms with Crippen molar-refractivity contribution in [1.82, 2.24) is 9.88 Å². The van der Waals surface area contributed by atoms with E-state index in [1.54, 1.807) is 6.20 Å². The van der Waals surface area contributed by atoms with E-state index in [4.69, 9.17) is 18.0 Å². The Kier molecular flexibility index (Phi) is 6.01. The molecule has 0 unspecified atom stereocenters. The Morgan fingerprint density at radius 2 is 2.11 bits per heavy atom. The third kappa shape index (κ3) is 4.58. The molecule has 0 aliphatic carbocycles. The highest BCUT2D eigenvalue weighted by Gasteiger charge is 2.07. The molecule has 4 nitrogen and oxygen atoms in total. The zero-order valence-corrected chi connectivity index (χ0v) is 12.2. The number of hydrogen-bond acceptors (Lipinski definition) is 4. The molecule has 2 N–H and O–H groups in total. The van der Waals surface area contributed by atoms with E-state index in [2.05, 4.69) is 35.8 Å². The van der Waals surface area contributed by atoms with E-state index in [1.165, 1.54) is 0 Å². The third-order valence-corrected chi connectivity index (χ3v) is 3.00. The van der Waals surface area contributed by atoms with E-state index in [0.717, 1.165) is 37.4 Å². The molecular formula is C13H22N4S. The first-order chi connectivity index (χ1) is 8.54. The lowest BCUT2D eigenvalue weighted by atomic mass is 10.2. The molecule has 0 saturated carbocycles. The lowest BCUT2D eigenvalue weighted by Crippen LogP contribution is -2.28. The summed E-state index contributed by atoms with van der Waals surface area (Å²) in [5.41, 5.74) is 6.52. The number of pyridine rings is 1. The Morgan fingerprint density at radius 3 is 2.67 bits per heavy atom. The molecule has 0 aliphatic heterocycles. The molecule has 0 spiro atoms. The second-order valence-corrected chi connectivity index (χ2v) is 4.94. The smallest absolute Gasteiger partial charge is 0.129 e. The van der Waals surface area contributed by atoms with E-state index >= 15 is 0 Å². The van der Waals surface area contributed by atoms with E-state index in [1.807, 2.05) is 12.1 Å². The minimum absolute atomic E-state index is 0.419. The van der Waals surface area contributed by atoms with Gasteiger partial charge in [0.2, 0.25) is 0 Å². The fourth-order valence-electron chi connectivity index (χ4n) is 1.76. The molecule has 0 atom stereocenters. The van der Waals surface area contributed by atoms with Crippen LogP contribution in [0.15, 0.2) is 18.3 Å². The number of hydrogen-bond donors (Lipinski definition) is 1. The number of rotatable bonds is 7. The van der Waals surface area contributed by atoms with Gasteiger partial charge in [-0.15, -0.1) is 0 Å². The maximum Gasteiger partial charge on any atom is 0.129 e. The number of anilines is 1. The van der Waals surface area contributed by atoms with Gasteiger partial charge in [-0.05, 0) is 46.1 Å². The van der Waals surface area contributed by atoms with Gasteiger partial charge in [0.25, 0.3) is 0 Å². The minimum Gasteiger partial charge on any atom is -0.389 e. The van der Waals surface area contributed by atoms with Gasteiger partial charge in [0.15, 0.2) is 0 Å². The lowest BCUT2D eigenvalue weighted by molar-refractivity contribution is 0.400. The molecule has 5 heteroatoms. The second-order valence-electron chi connectivity index (χ2n) is 4.50. The van der Waals surface area contributed by atoms with Crippen LogP contribution in [0.4, 0.5) is 5.82 Å². The number of thiocarbonyl (C=S) groups is 1. The van der Waals surface area contributed by atoms with Gasteiger partial charge >= 0.3 is 0 Å². The van der Waals surface area contributed by atoms with Gasteiger partial charge in [-0.2, -0.15) is 0 Å². The number of nitrogens with zero attached hydrogens (tertiary/aromatic N) is 3. The van der Waals surface area contributed by atoms with E-state index < -0.39 is 0 Å². The van der Waals surface area contributed by atoms with Gasteiger partial charge in [0.05, 0.1) is 0 Å². The molecule has 0 saturated heterocycles. The molecular weight excluding hydrogens is 244 g/mol. The van der Waals surface area contributed by atoms with E-state index in [9.17, 15) is 0 Å². The van der Waals surface area contributed by atoms with Crippen LogP contribution in [0, 0.1) is 0 Å². The second kappa shape index (κ2) is 7.28. The van der Waals surface area contributed by atoms with Crippen LogP contribution in [-0.4, -0.2) is 48.6 Å². The molecule has 0 bridgehead atoms. The summed E-state index contributed by atoms with van der Waals surface area (Å²) < 4.78 is 0. The first kappa shape index (κ1) is 14.9. The normalized spacial score (nSPS) is 10.7. The SMILES string of the molecule is CCN(CCCN(C)C)c1cc(C(N)=S)ccn1. The monoisotopic (exact) mass is 266 g/mol. The molecule has 100 valence electrons. The van der Waals surface area contributed by atoms with Crippen LogP contribution in [0.3, 0.4) is 0 Å². The van der Waals surface area contributed by atoms with Crippen LogP contribution in [-0.2, 0) is 0 Å². The van der Waals surface area contributed by atoms with Crippen LogP contribution in [0.1, 0.15) is 18.9 Å². The van der Waals surface area contributed by atoms with Gasteiger partial charge in [-0.1, -0.05) is 12.2 Å². The topological polar surface area (TPSA) is 45.4 Å². The van der Waals surface area contributed by atoms with Crippen molar-refractivity contribution in [3.63, 3.8) is 0 Å². The highest BCUT2D eigenvalue weighted by atomic mass is 32.1. The largest absolute Gasteiger partial charge is 0.389 e. The van der Waals surface area contributed by atoms with Crippen LogP contribution >= 0.6 is 12.2 Å². The quantitative estimate of drug-likeness (QED) is 0.758. The fraction of sp³-hybridized carbons (Fsp3) is 0.538. The van der Waals surface area contributed by atoms with Gasteiger partial charge in [-0.25, -0.2) is 4.98 Å². The summed E-state index contributed by atoms with van der Waals surface area (Å²) in [6.07, 6.45) is 2.87. The third-order valence-electron chi connectivity index (χ3n) is 2.77. The van der Waals surface area contributed by atoms with Gasteiger partial charge in [0.1, 0.15) is 10.8 Å². The van der Waals surface area contributed by atoms with E-state index in [-0.39, 0.29) is 0 Å². The standard InChI is InChI=1S/C13H22N4S/c1-4-17(9-5-8-16(2)3)12-10-11(13(14)18)6-7-15-12/h6-7,10H,4-5,8-9H2,1-3H3,(H2,14,18). The van der Waals surface area contributed by atoms with Gasteiger partial charge < -0.3 is 15.5 Å². The van der Waals surface area contributed by atoms with Crippen molar-refractivity contribution in [2.45, 2.75) is 13.3 Å². The molecule has 0 aliphatic rings. The van der Waals surface area contributed by atoms with Crippen molar-refractivity contribution in [1.29, 1.82) is 0 Å². The summed E-state index contributed by atoms with van der Waals surface area (Å²) in [6.45, 7) is 5.12.